The Kier molecular flexibility index (Phi) is 5.55. The number of rotatable bonds is 4. The minimum atomic E-state index is -0.541. The van der Waals surface area contributed by atoms with Crippen LogP contribution >= 0.6 is 0 Å². The van der Waals surface area contributed by atoms with Gasteiger partial charge in [0.1, 0.15) is 5.60 Å². The van der Waals surface area contributed by atoms with E-state index in [0.29, 0.717) is 25.4 Å². The molecule has 6 heteroatoms. The highest BCUT2D eigenvalue weighted by Gasteiger charge is 2.35. The standard InChI is InChI=1S/C17H30N2O4/c1-11(20)19-9-12(8-15(21)13-5-6-13)7-14(10-19)18-16(22)23-17(2,3)4/h12-15,21H,5-10H2,1-4H3,(H,18,22). The Hall–Kier alpha value is -1.30. The quantitative estimate of drug-likeness (QED) is 0.827. The molecule has 0 aromatic heterocycles. The van der Waals surface area contributed by atoms with Crippen molar-refractivity contribution in [1.82, 2.24) is 10.2 Å². The Labute approximate surface area is 138 Å². The molecule has 1 aliphatic carbocycles. The van der Waals surface area contributed by atoms with E-state index in [9.17, 15) is 14.7 Å². The van der Waals surface area contributed by atoms with Crippen molar-refractivity contribution in [2.24, 2.45) is 11.8 Å². The second kappa shape index (κ2) is 7.07. The fourth-order valence-corrected chi connectivity index (χ4v) is 3.23. The number of hydrogen-bond acceptors (Lipinski definition) is 4. The van der Waals surface area contributed by atoms with Crippen molar-refractivity contribution in [2.75, 3.05) is 13.1 Å². The number of nitrogens with zero attached hydrogens (tertiary/aromatic N) is 1. The molecule has 2 amide bonds. The Morgan fingerprint density at radius 1 is 1.30 bits per heavy atom. The van der Waals surface area contributed by atoms with Gasteiger partial charge in [-0.3, -0.25) is 4.79 Å². The molecule has 0 spiro atoms. The van der Waals surface area contributed by atoms with Crippen molar-refractivity contribution in [3.8, 4) is 0 Å². The van der Waals surface area contributed by atoms with E-state index in [-0.39, 0.29) is 24.0 Å². The Balaban J connectivity index is 1.91. The number of amides is 2. The summed E-state index contributed by atoms with van der Waals surface area (Å²) >= 11 is 0. The summed E-state index contributed by atoms with van der Waals surface area (Å²) in [5.41, 5.74) is -0.541. The van der Waals surface area contributed by atoms with Crippen LogP contribution in [0.1, 0.15) is 53.4 Å². The van der Waals surface area contributed by atoms with E-state index in [1.54, 1.807) is 11.8 Å². The summed E-state index contributed by atoms with van der Waals surface area (Å²) in [5, 5.41) is 13.0. The molecule has 0 radical (unpaired) electrons. The van der Waals surface area contributed by atoms with Crippen LogP contribution in [0.15, 0.2) is 0 Å². The minimum absolute atomic E-state index is 0.00611. The van der Waals surface area contributed by atoms with Gasteiger partial charge in [0.2, 0.25) is 5.91 Å². The van der Waals surface area contributed by atoms with Crippen LogP contribution in [0.2, 0.25) is 0 Å². The van der Waals surface area contributed by atoms with Gasteiger partial charge in [-0.05, 0) is 58.3 Å². The third-order valence-corrected chi connectivity index (χ3v) is 4.44. The first-order chi connectivity index (χ1) is 10.6. The van der Waals surface area contributed by atoms with Crippen molar-refractivity contribution in [2.45, 2.75) is 71.1 Å². The molecule has 2 N–H and O–H groups in total. The van der Waals surface area contributed by atoms with Crippen LogP contribution in [-0.4, -0.2) is 52.8 Å². The van der Waals surface area contributed by atoms with E-state index in [1.807, 2.05) is 20.8 Å². The number of carbonyl (C=O) groups excluding carboxylic acids is 2. The zero-order valence-corrected chi connectivity index (χ0v) is 14.7. The number of carbonyl (C=O) groups is 2. The van der Waals surface area contributed by atoms with Crippen molar-refractivity contribution in [1.29, 1.82) is 0 Å². The van der Waals surface area contributed by atoms with E-state index in [4.69, 9.17) is 4.74 Å². The average molecular weight is 326 g/mol. The van der Waals surface area contributed by atoms with Crippen LogP contribution in [0.4, 0.5) is 4.79 Å². The van der Waals surface area contributed by atoms with Crippen LogP contribution in [0, 0.1) is 11.8 Å². The van der Waals surface area contributed by atoms with Crippen molar-refractivity contribution < 1.29 is 19.4 Å². The molecular weight excluding hydrogens is 296 g/mol. The SMILES string of the molecule is CC(=O)N1CC(CC(O)C2CC2)CC(NC(=O)OC(C)(C)C)C1. The predicted octanol–water partition coefficient (Wildman–Crippen LogP) is 1.91. The maximum absolute atomic E-state index is 12.0. The average Bonchev–Trinajstić information content (AvgIpc) is 3.19. The summed E-state index contributed by atoms with van der Waals surface area (Å²) < 4.78 is 5.30. The van der Waals surface area contributed by atoms with Crippen LogP contribution in [0.25, 0.3) is 0 Å². The Morgan fingerprint density at radius 3 is 2.48 bits per heavy atom. The zero-order chi connectivity index (χ0) is 17.2. The highest BCUT2D eigenvalue weighted by molar-refractivity contribution is 5.73. The van der Waals surface area contributed by atoms with Gasteiger partial charge in [-0.25, -0.2) is 4.79 Å². The van der Waals surface area contributed by atoms with Gasteiger partial charge >= 0.3 is 6.09 Å². The van der Waals surface area contributed by atoms with E-state index >= 15 is 0 Å². The Morgan fingerprint density at radius 2 is 1.96 bits per heavy atom. The van der Waals surface area contributed by atoms with Gasteiger partial charge in [0.05, 0.1) is 12.1 Å². The lowest BCUT2D eigenvalue weighted by molar-refractivity contribution is -0.131. The number of likely N-dealkylation sites (tertiary alicyclic amines) is 1. The molecule has 1 heterocycles. The molecule has 1 saturated heterocycles. The summed E-state index contributed by atoms with van der Waals surface area (Å²) in [7, 11) is 0. The van der Waals surface area contributed by atoms with Gasteiger partial charge < -0.3 is 20.1 Å². The number of ether oxygens (including phenoxy) is 1. The van der Waals surface area contributed by atoms with E-state index in [0.717, 1.165) is 19.3 Å². The largest absolute Gasteiger partial charge is 0.444 e. The van der Waals surface area contributed by atoms with Gasteiger partial charge in [-0.1, -0.05) is 0 Å². The highest BCUT2D eigenvalue weighted by atomic mass is 16.6. The molecule has 0 aromatic rings. The predicted molar refractivity (Wildman–Crippen MR) is 86.9 cm³/mol. The molecule has 0 aromatic carbocycles. The molecule has 2 fully saturated rings. The smallest absolute Gasteiger partial charge is 0.407 e. The summed E-state index contributed by atoms with van der Waals surface area (Å²) in [6.45, 7) is 8.18. The molecule has 2 rings (SSSR count). The number of nitrogens with one attached hydrogen (secondary N) is 1. The van der Waals surface area contributed by atoms with E-state index < -0.39 is 11.7 Å². The lowest BCUT2D eigenvalue weighted by atomic mass is 9.88. The number of piperidine rings is 1. The number of aliphatic hydroxyl groups is 1. The first kappa shape index (κ1) is 18.0. The molecule has 6 nitrogen and oxygen atoms in total. The maximum Gasteiger partial charge on any atom is 0.407 e. The van der Waals surface area contributed by atoms with Crippen molar-refractivity contribution >= 4 is 12.0 Å². The number of aliphatic hydroxyl groups excluding tert-OH is 1. The highest BCUT2D eigenvalue weighted by Crippen LogP contribution is 2.36. The zero-order valence-electron chi connectivity index (χ0n) is 14.7. The minimum Gasteiger partial charge on any atom is -0.444 e. The van der Waals surface area contributed by atoms with Crippen LogP contribution < -0.4 is 5.32 Å². The molecule has 3 unspecified atom stereocenters. The Bertz CT molecular complexity index is 442. The van der Waals surface area contributed by atoms with E-state index in [2.05, 4.69) is 5.32 Å². The molecule has 1 saturated carbocycles. The molecule has 2 aliphatic rings. The lowest BCUT2D eigenvalue weighted by Gasteiger charge is -2.38. The molecule has 0 bridgehead atoms. The normalized spacial score (nSPS) is 26.6. The van der Waals surface area contributed by atoms with Gasteiger partial charge in [-0.2, -0.15) is 0 Å². The van der Waals surface area contributed by atoms with Crippen LogP contribution in [0.5, 0.6) is 0 Å². The third-order valence-electron chi connectivity index (χ3n) is 4.44. The van der Waals surface area contributed by atoms with Crippen LogP contribution in [-0.2, 0) is 9.53 Å². The molecule has 132 valence electrons. The topological polar surface area (TPSA) is 78.9 Å². The van der Waals surface area contributed by atoms with Gasteiger partial charge in [0.15, 0.2) is 0 Å². The van der Waals surface area contributed by atoms with Crippen molar-refractivity contribution in [3.05, 3.63) is 0 Å². The fourth-order valence-electron chi connectivity index (χ4n) is 3.23. The van der Waals surface area contributed by atoms with E-state index in [1.165, 1.54) is 0 Å². The summed E-state index contributed by atoms with van der Waals surface area (Å²) in [6.07, 6.45) is 2.94. The molecule has 23 heavy (non-hydrogen) atoms. The first-order valence-corrected chi connectivity index (χ1v) is 8.57. The number of hydrogen-bond donors (Lipinski definition) is 2. The molecule has 1 aliphatic heterocycles. The van der Waals surface area contributed by atoms with Gasteiger partial charge in [0.25, 0.3) is 0 Å². The lowest BCUT2D eigenvalue weighted by Crippen LogP contribution is -2.53. The monoisotopic (exact) mass is 326 g/mol. The van der Waals surface area contributed by atoms with Crippen LogP contribution in [0.3, 0.4) is 0 Å². The number of alkyl carbamates (subject to hydrolysis) is 1. The third kappa shape index (κ3) is 6.01. The second-order valence-corrected chi connectivity index (χ2v) is 8.01. The summed E-state index contributed by atoms with van der Waals surface area (Å²) in [6, 6.07) is -0.126. The maximum atomic E-state index is 12.0. The first-order valence-electron chi connectivity index (χ1n) is 8.57. The molecule has 3 atom stereocenters. The van der Waals surface area contributed by atoms with Gasteiger partial charge in [0, 0.05) is 20.0 Å². The molecular formula is C17H30N2O4. The summed E-state index contributed by atoms with van der Waals surface area (Å²) in [4.78, 5) is 25.5. The second-order valence-electron chi connectivity index (χ2n) is 8.01. The van der Waals surface area contributed by atoms with Gasteiger partial charge in [-0.15, -0.1) is 0 Å². The van der Waals surface area contributed by atoms with Crippen molar-refractivity contribution in [3.63, 3.8) is 0 Å². The summed E-state index contributed by atoms with van der Waals surface area (Å²) in [5.74, 6) is 0.648. The fraction of sp³-hybridized carbons (Fsp3) is 0.882.